The molecule has 1 aromatic carbocycles. The second-order valence-corrected chi connectivity index (χ2v) is 6.14. The van der Waals surface area contributed by atoms with Gasteiger partial charge in [0.2, 0.25) is 5.88 Å². The Balaban J connectivity index is 1.97. The predicted octanol–water partition coefficient (Wildman–Crippen LogP) is 4.43. The maximum atomic E-state index is 13.7. The van der Waals surface area contributed by atoms with Crippen LogP contribution in [0, 0.1) is 5.82 Å². The summed E-state index contributed by atoms with van der Waals surface area (Å²) in [6, 6.07) is 4.33. The van der Waals surface area contributed by atoms with Crippen LogP contribution in [0.4, 0.5) is 26.7 Å². The van der Waals surface area contributed by atoms with E-state index in [9.17, 15) is 26.7 Å². The van der Waals surface area contributed by atoms with Crippen LogP contribution in [0.2, 0.25) is 0 Å². The van der Waals surface area contributed by atoms with Gasteiger partial charge in [-0.1, -0.05) is 6.07 Å². The fourth-order valence-corrected chi connectivity index (χ4v) is 2.78. The van der Waals surface area contributed by atoms with Crippen molar-refractivity contribution in [1.82, 2.24) is 9.88 Å². The van der Waals surface area contributed by atoms with E-state index >= 15 is 0 Å². The lowest BCUT2D eigenvalue weighted by atomic mass is 10.0. The Morgan fingerprint density at radius 1 is 1.17 bits per heavy atom. The number of hydrogen-bond donors (Lipinski definition) is 0. The molecule has 29 heavy (non-hydrogen) atoms. The molecular weight excluding hydrogens is 403 g/mol. The number of carbonyl (C=O) groups is 1. The van der Waals surface area contributed by atoms with E-state index in [2.05, 4.69) is 14.5 Å². The van der Waals surface area contributed by atoms with Crippen molar-refractivity contribution >= 4 is 6.09 Å². The van der Waals surface area contributed by atoms with Crippen molar-refractivity contribution in [3.05, 3.63) is 41.8 Å². The lowest BCUT2D eigenvalue weighted by Gasteiger charge is -2.20. The van der Waals surface area contributed by atoms with Gasteiger partial charge in [0, 0.05) is 17.3 Å². The van der Waals surface area contributed by atoms with E-state index in [1.807, 2.05) is 0 Å². The Bertz CT molecular complexity index is 897. The molecule has 3 rings (SSSR count). The highest BCUT2D eigenvalue weighted by Gasteiger charge is 2.30. The van der Waals surface area contributed by atoms with Gasteiger partial charge in [0.05, 0.1) is 12.6 Å². The average molecular weight is 418 g/mol. The molecule has 0 radical (unpaired) electrons. The average Bonchev–Trinajstić information content (AvgIpc) is 2.96. The zero-order valence-electron chi connectivity index (χ0n) is 15.0. The number of pyridine rings is 1. The Labute approximate surface area is 161 Å². The highest BCUT2D eigenvalue weighted by Crippen LogP contribution is 2.31. The van der Waals surface area contributed by atoms with E-state index in [-0.39, 0.29) is 30.3 Å². The number of benzene rings is 1. The summed E-state index contributed by atoms with van der Waals surface area (Å²) in [7, 11) is 0. The van der Waals surface area contributed by atoms with Crippen molar-refractivity contribution in [1.29, 1.82) is 0 Å². The van der Waals surface area contributed by atoms with Crippen LogP contribution in [-0.4, -0.2) is 41.8 Å². The number of halogens is 5. The van der Waals surface area contributed by atoms with E-state index < -0.39 is 36.8 Å². The van der Waals surface area contributed by atoms with Gasteiger partial charge in [0.1, 0.15) is 6.61 Å². The Morgan fingerprint density at radius 3 is 2.52 bits per heavy atom. The first-order valence-electron chi connectivity index (χ1n) is 8.36. The third kappa shape index (κ3) is 4.84. The second-order valence-electron chi connectivity index (χ2n) is 6.14. The predicted molar refractivity (Wildman–Crippen MR) is 89.2 cm³/mol. The minimum absolute atomic E-state index is 0.133. The molecule has 0 N–H and O–H groups in total. The Hall–Kier alpha value is -3.11. The summed E-state index contributed by atoms with van der Waals surface area (Å²) in [6.45, 7) is -4.65. The van der Waals surface area contributed by atoms with Gasteiger partial charge in [0.15, 0.2) is 11.6 Å². The summed E-state index contributed by atoms with van der Waals surface area (Å²) in [6.07, 6.45) is 0.534. The first-order chi connectivity index (χ1) is 13.7. The summed E-state index contributed by atoms with van der Waals surface area (Å²) in [5.74, 6) is -2.07. The number of alkyl halides is 4. The van der Waals surface area contributed by atoms with Crippen molar-refractivity contribution in [3.63, 3.8) is 0 Å². The lowest BCUT2D eigenvalue weighted by Crippen LogP contribution is -2.30. The molecule has 0 spiro atoms. The molecular formula is C18H15F5N2O4. The molecule has 2 aromatic rings. The number of nitrogens with zero attached hydrogens (tertiary/aromatic N) is 2. The van der Waals surface area contributed by atoms with Crippen LogP contribution in [-0.2, 0) is 11.3 Å². The minimum atomic E-state index is -3.22. The normalized spacial score (nSPS) is 16.5. The summed E-state index contributed by atoms with van der Waals surface area (Å²) < 4.78 is 77.4. The number of hydrogen-bond acceptors (Lipinski definition) is 5. The van der Waals surface area contributed by atoms with Gasteiger partial charge in [0.25, 0.3) is 0 Å². The molecule has 1 aliphatic heterocycles. The van der Waals surface area contributed by atoms with E-state index in [4.69, 9.17) is 4.74 Å². The molecule has 0 aliphatic carbocycles. The molecule has 6 nitrogen and oxygen atoms in total. The van der Waals surface area contributed by atoms with E-state index in [1.165, 1.54) is 17.0 Å². The summed E-state index contributed by atoms with van der Waals surface area (Å²) in [5, 5.41) is 0. The topological polar surface area (TPSA) is 60.9 Å². The molecule has 1 atom stereocenters. The van der Waals surface area contributed by atoms with Gasteiger partial charge in [-0.05, 0) is 30.7 Å². The molecule has 0 saturated carbocycles. The van der Waals surface area contributed by atoms with Gasteiger partial charge < -0.3 is 14.2 Å². The Kier molecular flexibility index (Phi) is 6.04. The molecule has 1 amide bonds. The third-order valence-corrected chi connectivity index (χ3v) is 4.16. The first-order valence-corrected chi connectivity index (χ1v) is 8.36. The summed E-state index contributed by atoms with van der Waals surface area (Å²) >= 11 is 0. The van der Waals surface area contributed by atoms with Crippen molar-refractivity contribution in [2.45, 2.75) is 32.7 Å². The number of ether oxygens (including phenoxy) is 3. The SMILES string of the molecule is C[C@@H]1COC(=O)N1Cc1cc(-c2ccc(F)c(OC(F)F)c2)cnc1OC(F)F. The van der Waals surface area contributed by atoms with Gasteiger partial charge >= 0.3 is 19.3 Å². The van der Waals surface area contributed by atoms with Gasteiger partial charge in [-0.15, -0.1) is 0 Å². The molecule has 11 heteroatoms. The third-order valence-electron chi connectivity index (χ3n) is 4.16. The Morgan fingerprint density at radius 2 is 1.90 bits per heavy atom. The standard InChI is InChI=1S/C18H15F5N2O4/c1-9-8-27-18(26)25(9)7-12-4-11(6-24-15(12)29-17(22)23)10-2-3-13(19)14(5-10)28-16(20)21/h2-6,9,16-17H,7-8H2,1H3/t9-/m1/s1. The smallest absolute Gasteiger partial charge is 0.410 e. The van der Waals surface area contributed by atoms with Crippen LogP contribution in [0.15, 0.2) is 30.5 Å². The van der Waals surface area contributed by atoms with Gasteiger partial charge in [-0.3, -0.25) is 4.90 Å². The van der Waals surface area contributed by atoms with Crippen molar-refractivity contribution < 1.29 is 41.0 Å². The quantitative estimate of drug-likeness (QED) is 0.623. The molecule has 1 aliphatic rings. The van der Waals surface area contributed by atoms with Crippen LogP contribution >= 0.6 is 0 Å². The van der Waals surface area contributed by atoms with Crippen molar-refractivity contribution in [2.24, 2.45) is 0 Å². The highest BCUT2D eigenvalue weighted by atomic mass is 19.3. The summed E-state index contributed by atoms with van der Waals surface area (Å²) in [4.78, 5) is 17.0. The van der Waals surface area contributed by atoms with Crippen LogP contribution < -0.4 is 9.47 Å². The number of cyclic esters (lactones) is 1. The van der Waals surface area contributed by atoms with Gasteiger partial charge in [-0.25, -0.2) is 14.2 Å². The number of aromatic nitrogens is 1. The molecule has 0 unspecified atom stereocenters. The largest absolute Gasteiger partial charge is 0.447 e. The molecule has 1 fully saturated rings. The zero-order chi connectivity index (χ0) is 21.1. The number of rotatable bonds is 7. The zero-order valence-corrected chi connectivity index (χ0v) is 15.0. The molecule has 1 saturated heterocycles. The highest BCUT2D eigenvalue weighted by molar-refractivity contribution is 5.71. The maximum absolute atomic E-state index is 13.7. The van der Waals surface area contributed by atoms with E-state index in [1.54, 1.807) is 6.92 Å². The van der Waals surface area contributed by atoms with Crippen LogP contribution in [0.25, 0.3) is 11.1 Å². The van der Waals surface area contributed by atoms with Crippen LogP contribution in [0.3, 0.4) is 0 Å². The molecule has 0 bridgehead atoms. The summed E-state index contributed by atoms with van der Waals surface area (Å²) in [5.41, 5.74) is 0.673. The lowest BCUT2D eigenvalue weighted by molar-refractivity contribution is -0.0539. The first kappa shape index (κ1) is 20.6. The minimum Gasteiger partial charge on any atom is -0.447 e. The fraction of sp³-hybridized carbons (Fsp3) is 0.333. The van der Waals surface area contributed by atoms with Crippen LogP contribution in [0.1, 0.15) is 12.5 Å². The monoisotopic (exact) mass is 418 g/mol. The second kappa shape index (κ2) is 8.50. The number of carbonyl (C=O) groups excluding carboxylic acids is 1. The van der Waals surface area contributed by atoms with Crippen LogP contribution in [0.5, 0.6) is 11.6 Å². The van der Waals surface area contributed by atoms with E-state index in [0.717, 1.165) is 18.3 Å². The number of amides is 1. The van der Waals surface area contributed by atoms with Crippen molar-refractivity contribution in [2.75, 3.05) is 6.61 Å². The molecule has 156 valence electrons. The maximum Gasteiger partial charge on any atom is 0.410 e. The molecule has 1 aromatic heterocycles. The van der Waals surface area contributed by atoms with Crippen molar-refractivity contribution in [3.8, 4) is 22.8 Å². The fourth-order valence-electron chi connectivity index (χ4n) is 2.78. The van der Waals surface area contributed by atoms with E-state index in [0.29, 0.717) is 5.56 Å². The van der Waals surface area contributed by atoms with Gasteiger partial charge in [-0.2, -0.15) is 17.6 Å². The molecule has 2 heterocycles.